The predicted molar refractivity (Wildman–Crippen MR) is 90.7 cm³/mol. The van der Waals surface area contributed by atoms with E-state index in [1.54, 1.807) is 24.3 Å². The fourth-order valence-corrected chi connectivity index (χ4v) is 2.07. The van der Waals surface area contributed by atoms with Crippen molar-refractivity contribution >= 4 is 23.2 Å². The molecule has 23 heavy (non-hydrogen) atoms. The molecule has 0 unspecified atom stereocenters. The van der Waals surface area contributed by atoms with Crippen LogP contribution in [0.4, 0.5) is 11.4 Å². The summed E-state index contributed by atoms with van der Waals surface area (Å²) >= 11 is 0. The van der Waals surface area contributed by atoms with Crippen molar-refractivity contribution in [2.45, 2.75) is 20.3 Å². The van der Waals surface area contributed by atoms with Crippen molar-refractivity contribution < 1.29 is 14.3 Å². The molecule has 2 N–H and O–H groups in total. The second-order valence-corrected chi connectivity index (χ2v) is 5.17. The lowest BCUT2D eigenvalue weighted by Gasteiger charge is -2.10. The van der Waals surface area contributed by atoms with Crippen LogP contribution in [0.5, 0.6) is 5.75 Å². The molecule has 5 nitrogen and oxygen atoms in total. The highest BCUT2D eigenvalue weighted by atomic mass is 16.5. The third-order valence-electron chi connectivity index (χ3n) is 3.15. The van der Waals surface area contributed by atoms with Gasteiger partial charge in [0.1, 0.15) is 5.75 Å². The second-order valence-electron chi connectivity index (χ2n) is 5.17. The molecule has 0 aliphatic carbocycles. The minimum atomic E-state index is -0.153. The normalized spacial score (nSPS) is 10.0. The van der Waals surface area contributed by atoms with Gasteiger partial charge >= 0.3 is 0 Å². The molecule has 0 saturated carbocycles. The first-order valence-electron chi connectivity index (χ1n) is 7.40. The Hall–Kier alpha value is -2.82. The minimum absolute atomic E-state index is 0.140. The van der Waals surface area contributed by atoms with Gasteiger partial charge in [0.05, 0.1) is 13.0 Å². The lowest BCUT2D eigenvalue weighted by atomic mass is 10.2. The van der Waals surface area contributed by atoms with E-state index in [0.29, 0.717) is 18.0 Å². The van der Waals surface area contributed by atoms with Crippen molar-refractivity contribution in [2.24, 2.45) is 0 Å². The molecule has 2 rings (SSSR count). The molecule has 5 heteroatoms. The van der Waals surface area contributed by atoms with Gasteiger partial charge < -0.3 is 15.4 Å². The van der Waals surface area contributed by atoms with E-state index >= 15 is 0 Å². The van der Waals surface area contributed by atoms with Gasteiger partial charge in [-0.25, -0.2) is 0 Å². The topological polar surface area (TPSA) is 67.4 Å². The van der Waals surface area contributed by atoms with Crippen molar-refractivity contribution in [3.05, 3.63) is 54.1 Å². The van der Waals surface area contributed by atoms with Crippen LogP contribution in [0, 0.1) is 6.92 Å². The van der Waals surface area contributed by atoms with E-state index in [4.69, 9.17) is 4.74 Å². The smallest absolute Gasteiger partial charge is 0.227 e. The summed E-state index contributed by atoms with van der Waals surface area (Å²) in [6.45, 7) is 3.71. The number of para-hydroxylation sites is 1. The van der Waals surface area contributed by atoms with E-state index in [1.807, 2.05) is 31.2 Å². The molecule has 120 valence electrons. The summed E-state index contributed by atoms with van der Waals surface area (Å²) in [4.78, 5) is 23.0. The summed E-state index contributed by atoms with van der Waals surface area (Å²) in [7, 11) is 0. The van der Waals surface area contributed by atoms with Crippen LogP contribution in [-0.2, 0) is 9.59 Å². The number of hydrogen-bond acceptors (Lipinski definition) is 3. The Balaban J connectivity index is 1.83. The molecule has 2 aromatic carbocycles. The third kappa shape index (κ3) is 5.47. The average molecular weight is 312 g/mol. The van der Waals surface area contributed by atoms with Crippen LogP contribution in [-0.4, -0.2) is 18.4 Å². The highest BCUT2D eigenvalue weighted by molar-refractivity contribution is 5.93. The van der Waals surface area contributed by atoms with Crippen LogP contribution in [0.1, 0.15) is 18.9 Å². The van der Waals surface area contributed by atoms with E-state index < -0.39 is 0 Å². The quantitative estimate of drug-likeness (QED) is 0.859. The minimum Gasteiger partial charge on any atom is -0.493 e. The lowest BCUT2D eigenvalue weighted by Crippen LogP contribution is -2.15. The number of benzene rings is 2. The van der Waals surface area contributed by atoms with Crippen LogP contribution in [0.15, 0.2) is 48.5 Å². The molecule has 0 aliphatic heterocycles. The molecule has 0 atom stereocenters. The van der Waals surface area contributed by atoms with E-state index in [1.165, 1.54) is 6.92 Å². The Kier molecular flexibility index (Phi) is 5.74. The van der Waals surface area contributed by atoms with Gasteiger partial charge in [0, 0.05) is 18.3 Å². The molecule has 0 fully saturated rings. The molecule has 0 heterocycles. The third-order valence-corrected chi connectivity index (χ3v) is 3.15. The molecule has 0 spiro atoms. The van der Waals surface area contributed by atoms with E-state index in [-0.39, 0.29) is 18.2 Å². The number of carbonyl (C=O) groups is 2. The van der Waals surface area contributed by atoms with Crippen molar-refractivity contribution in [3.8, 4) is 5.75 Å². The van der Waals surface area contributed by atoms with Gasteiger partial charge in [-0.1, -0.05) is 24.3 Å². The van der Waals surface area contributed by atoms with Crippen LogP contribution in [0.25, 0.3) is 0 Å². The second kappa shape index (κ2) is 7.98. The van der Waals surface area contributed by atoms with E-state index in [0.717, 1.165) is 11.3 Å². The summed E-state index contributed by atoms with van der Waals surface area (Å²) in [5, 5.41) is 5.46. The van der Waals surface area contributed by atoms with Gasteiger partial charge in [0.2, 0.25) is 11.8 Å². The van der Waals surface area contributed by atoms with Crippen molar-refractivity contribution in [1.82, 2.24) is 0 Å². The van der Waals surface area contributed by atoms with Gasteiger partial charge in [0.15, 0.2) is 0 Å². The summed E-state index contributed by atoms with van der Waals surface area (Å²) in [5.74, 6) is 0.492. The van der Waals surface area contributed by atoms with Crippen molar-refractivity contribution in [3.63, 3.8) is 0 Å². The average Bonchev–Trinajstić information content (AvgIpc) is 2.49. The number of carbonyl (C=O) groups excluding carboxylic acids is 2. The van der Waals surface area contributed by atoms with Gasteiger partial charge in [-0.3, -0.25) is 9.59 Å². The van der Waals surface area contributed by atoms with E-state index in [9.17, 15) is 9.59 Å². The summed E-state index contributed by atoms with van der Waals surface area (Å²) in [5.41, 5.74) is 2.32. The Morgan fingerprint density at radius 3 is 2.39 bits per heavy atom. The highest BCUT2D eigenvalue weighted by Crippen LogP contribution is 2.17. The largest absolute Gasteiger partial charge is 0.493 e. The van der Waals surface area contributed by atoms with Crippen molar-refractivity contribution in [2.75, 3.05) is 17.2 Å². The first kappa shape index (κ1) is 16.5. The van der Waals surface area contributed by atoms with Crippen LogP contribution in [0.2, 0.25) is 0 Å². The molecule has 0 bridgehead atoms. The standard InChI is InChI=1S/C18H20N2O3/c1-13-6-3-4-9-17(13)23-11-10-18(22)20-16-8-5-7-15(12-16)19-14(2)21/h3-9,12H,10-11H2,1-2H3,(H,19,21)(H,20,22). The van der Waals surface area contributed by atoms with Crippen LogP contribution < -0.4 is 15.4 Å². The first-order valence-corrected chi connectivity index (χ1v) is 7.40. The molecular weight excluding hydrogens is 292 g/mol. The van der Waals surface area contributed by atoms with Gasteiger partial charge in [0.25, 0.3) is 0 Å². The highest BCUT2D eigenvalue weighted by Gasteiger charge is 2.05. The molecule has 0 saturated heterocycles. The molecule has 2 aromatic rings. The van der Waals surface area contributed by atoms with E-state index in [2.05, 4.69) is 10.6 Å². The number of nitrogens with one attached hydrogen (secondary N) is 2. The maximum absolute atomic E-state index is 11.9. The zero-order valence-corrected chi connectivity index (χ0v) is 13.3. The zero-order chi connectivity index (χ0) is 16.7. The number of aryl methyl sites for hydroxylation is 1. The molecule has 0 aliphatic rings. The zero-order valence-electron chi connectivity index (χ0n) is 13.3. The summed E-state index contributed by atoms with van der Waals surface area (Å²) in [6, 6.07) is 14.7. The Labute approximate surface area is 135 Å². The Morgan fingerprint density at radius 1 is 1.00 bits per heavy atom. The molecule has 2 amide bonds. The number of ether oxygens (including phenoxy) is 1. The summed E-state index contributed by atoms with van der Waals surface area (Å²) in [6.07, 6.45) is 0.249. The fourth-order valence-electron chi connectivity index (χ4n) is 2.07. The number of hydrogen-bond donors (Lipinski definition) is 2. The monoisotopic (exact) mass is 312 g/mol. The predicted octanol–water partition coefficient (Wildman–Crippen LogP) is 3.36. The Bertz CT molecular complexity index is 698. The lowest BCUT2D eigenvalue weighted by molar-refractivity contribution is -0.116. The molecular formula is C18H20N2O3. The maximum atomic E-state index is 11.9. The maximum Gasteiger partial charge on any atom is 0.227 e. The van der Waals surface area contributed by atoms with Crippen molar-refractivity contribution in [1.29, 1.82) is 0 Å². The van der Waals surface area contributed by atoms with Crippen LogP contribution >= 0.6 is 0 Å². The number of anilines is 2. The van der Waals surface area contributed by atoms with Gasteiger partial charge in [-0.05, 0) is 36.8 Å². The molecule has 0 radical (unpaired) electrons. The first-order chi connectivity index (χ1) is 11.0. The number of rotatable bonds is 6. The van der Waals surface area contributed by atoms with Crippen LogP contribution in [0.3, 0.4) is 0 Å². The van der Waals surface area contributed by atoms with Gasteiger partial charge in [-0.2, -0.15) is 0 Å². The van der Waals surface area contributed by atoms with Gasteiger partial charge in [-0.15, -0.1) is 0 Å². The molecule has 0 aromatic heterocycles. The Morgan fingerprint density at radius 2 is 1.70 bits per heavy atom. The number of amides is 2. The SMILES string of the molecule is CC(=O)Nc1cccc(NC(=O)CCOc2ccccc2C)c1. The fraction of sp³-hybridized carbons (Fsp3) is 0.222. The summed E-state index contributed by atoms with van der Waals surface area (Å²) < 4.78 is 5.60.